The standard InChI is InChI=1S/C29H18FN3/c1-29(2)23-9-5-3-7-18(23)20-14-27-21(13-24(20)29)19-8-4-6-10-25(19)33(27)26-12-11-17(15-31)28(30)22(26)16-32/h3-14H,1-2H3. The Bertz CT molecular complexity index is 1720. The molecule has 4 aromatic carbocycles. The van der Waals surface area contributed by atoms with Crippen LogP contribution in [0, 0.1) is 28.5 Å². The molecule has 1 aliphatic rings. The Morgan fingerprint density at radius 3 is 2.30 bits per heavy atom. The summed E-state index contributed by atoms with van der Waals surface area (Å²) in [5.41, 5.74) is 6.72. The van der Waals surface area contributed by atoms with Crippen molar-refractivity contribution in [3.05, 3.63) is 101 Å². The summed E-state index contributed by atoms with van der Waals surface area (Å²) in [7, 11) is 0. The van der Waals surface area contributed by atoms with Gasteiger partial charge in [-0.1, -0.05) is 56.3 Å². The van der Waals surface area contributed by atoms with Crippen molar-refractivity contribution in [3.8, 4) is 29.0 Å². The smallest absolute Gasteiger partial charge is 0.160 e. The van der Waals surface area contributed by atoms with Gasteiger partial charge in [0.2, 0.25) is 0 Å². The molecule has 0 saturated carbocycles. The number of fused-ring (bicyclic) bond motifs is 6. The van der Waals surface area contributed by atoms with E-state index in [0.717, 1.165) is 27.4 Å². The van der Waals surface area contributed by atoms with Crippen LogP contribution in [0.3, 0.4) is 0 Å². The largest absolute Gasteiger partial charge is 0.308 e. The zero-order valence-corrected chi connectivity index (χ0v) is 18.1. The van der Waals surface area contributed by atoms with Crippen LogP contribution < -0.4 is 0 Å². The van der Waals surface area contributed by atoms with Gasteiger partial charge in [-0.25, -0.2) is 4.39 Å². The Balaban J connectivity index is 1.79. The Kier molecular flexibility index (Phi) is 3.83. The van der Waals surface area contributed by atoms with Gasteiger partial charge in [-0.15, -0.1) is 0 Å². The predicted molar refractivity (Wildman–Crippen MR) is 128 cm³/mol. The molecule has 0 fully saturated rings. The average molecular weight is 427 g/mol. The number of nitriles is 2. The van der Waals surface area contributed by atoms with E-state index in [1.54, 1.807) is 6.07 Å². The first-order chi connectivity index (χ1) is 16.0. The van der Waals surface area contributed by atoms with Crippen LogP contribution >= 0.6 is 0 Å². The molecule has 0 amide bonds. The van der Waals surface area contributed by atoms with E-state index in [1.165, 1.54) is 22.8 Å². The first kappa shape index (κ1) is 19.3. The van der Waals surface area contributed by atoms with Gasteiger partial charge >= 0.3 is 0 Å². The molecule has 0 saturated heterocycles. The maximum atomic E-state index is 15.0. The number of hydrogen-bond donors (Lipinski definition) is 0. The second-order valence-corrected chi connectivity index (χ2v) is 8.98. The van der Waals surface area contributed by atoms with Gasteiger partial charge in [0.05, 0.1) is 22.3 Å². The topological polar surface area (TPSA) is 52.5 Å². The van der Waals surface area contributed by atoms with E-state index in [2.05, 4.69) is 50.2 Å². The van der Waals surface area contributed by atoms with Crippen LogP contribution in [-0.2, 0) is 5.41 Å². The fraction of sp³-hybridized carbons (Fsp3) is 0.103. The van der Waals surface area contributed by atoms with Gasteiger partial charge in [0.25, 0.3) is 0 Å². The number of rotatable bonds is 1. The van der Waals surface area contributed by atoms with Crippen molar-refractivity contribution in [3.63, 3.8) is 0 Å². The summed E-state index contributed by atoms with van der Waals surface area (Å²) in [6.07, 6.45) is 0. The fourth-order valence-corrected chi connectivity index (χ4v) is 5.37. The highest BCUT2D eigenvalue weighted by molar-refractivity contribution is 6.11. The molecule has 0 radical (unpaired) electrons. The van der Waals surface area contributed by atoms with Crippen LogP contribution in [0.5, 0.6) is 0 Å². The third-order valence-electron chi connectivity index (χ3n) is 6.97. The van der Waals surface area contributed by atoms with Crippen LogP contribution in [0.2, 0.25) is 0 Å². The normalized spacial score (nSPS) is 13.5. The van der Waals surface area contributed by atoms with E-state index in [0.29, 0.717) is 5.69 Å². The maximum absolute atomic E-state index is 15.0. The predicted octanol–water partition coefficient (Wildman–Crippen LogP) is 6.97. The minimum absolute atomic E-state index is 0.127. The lowest BCUT2D eigenvalue weighted by atomic mass is 9.82. The molecule has 1 aliphatic carbocycles. The highest BCUT2D eigenvalue weighted by Gasteiger charge is 2.36. The molecule has 6 rings (SSSR count). The fourth-order valence-electron chi connectivity index (χ4n) is 5.37. The summed E-state index contributed by atoms with van der Waals surface area (Å²) in [6, 6.07) is 27.7. The van der Waals surface area contributed by atoms with Crippen molar-refractivity contribution in [2.75, 3.05) is 0 Å². The molecule has 0 atom stereocenters. The SMILES string of the molecule is CC1(C)c2ccccc2-c2cc3c(cc21)c1ccccc1n3-c1ccc(C#N)c(F)c1C#N. The molecule has 1 aromatic heterocycles. The quantitative estimate of drug-likeness (QED) is 0.290. The van der Waals surface area contributed by atoms with Crippen molar-refractivity contribution in [1.82, 2.24) is 4.57 Å². The van der Waals surface area contributed by atoms with Gasteiger partial charge in [0, 0.05) is 16.2 Å². The van der Waals surface area contributed by atoms with Crippen LogP contribution in [-0.4, -0.2) is 4.57 Å². The van der Waals surface area contributed by atoms with E-state index >= 15 is 0 Å². The molecular weight excluding hydrogens is 409 g/mol. The van der Waals surface area contributed by atoms with Crippen molar-refractivity contribution in [2.24, 2.45) is 0 Å². The lowest BCUT2D eigenvalue weighted by molar-refractivity contribution is 0.619. The van der Waals surface area contributed by atoms with E-state index < -0.39 is 5.82 Å². The number of nitrogens with zero attached hydrogens (tertiary/aromatic N) is 3. The van der Waals surface area contributed by atoms with Crippen LogP contribution in [0.4, 0.5) is 4.39 Å². The number of aromatic nitrogens is 1. The third-order valence-corrected chi connectivity index (χ3v) is 6.97. The summed E-state index contributed by atoms with van der Waals surface area (Å²) in [4.78, 5) is 0. The lowest BCUT2D eigenvalue weighted by Gasteiger charge is -2.21. The van der Waals surface area contributed by atoms with Gasteiger partial charge in [0.1, 0.15) is 17.7 Å². The van der Waals surface area contributed by atoms with E-state index in [9.17, 15) is 14.9 Å². The summed E-state index contributed by atoms with van der Waals surface area (Å²) in [5.74, 6) is -0.781. The average Bonchev–Trinajstić information content (AvgIpc) is 3.27. The van der Waals surface area contributed by atoms with Crippen LogP contribution in [0.25, 0.3) is 38.6 Å². The molecule has 0 spiro atoms. The monoisotopic (exact) mass is 427 g/mol. The van der Waals surface area contributed by atoms with Crippen LogP contribution in [0.15, 0.2) is 72.8 Å². The minimum atomic E-state index is -0.781. The molecule has 156 valence electrons. The first-order valence-electron chi connectivity index (χ1n) is 10.8. The first-order valence-corrected chi connectivity index (χ1v) is 10.8. The molecule has 3 nitrogen and oxygen atoms in total. The summed E-state index contributed by atoms with van der Waals surface area (Å²) >= 11 is 0. The van der Waals surface area contributed by atoms with Crippen molar-refractivity contribution in [1.29, 1.82) is 10.5 Å². The van der Waals surface area contributed by atoms with Gasteiger partial charge in [-0.2, -0.15) is 10.5 Å². The number of hydrogen-bond acceptors (Lipinski definition) is 2. The molecule has 5 aromatic rings. The second kappa shape index (κ2) is 6.55. The number of para-hydroxylation sites is 1. The molecule has 0 unspecified atom stereocenters. The maximum Gasteiger partial charge on any atom is 0.160 e. The van der Waals surface area contributed by atoms with Gasteiger partial charge in [0.15, 0.2) is 5.82 Å². The number of halogens is 1. The second-order valence-electron chi connectivity index (χ2n) is 8.98. The van der Waals surface area contributed by atoms with Crippen molar-refractivity contribution >= 4 is 21.8 Å². The minimum Gasteiger partial charge on any atom is -0.308 e. The van der Waals surface area contributed by atoms with Gasteiger partial charge in [-0.3, -0.25) is 0 Å². The Labute approximate surface area is 190 Å². The van der Waals surface area contributed by atoms with E-state index in [4.69, 9.17) is 0 Å². The summed E-state index contributed by atoms with van der Waals surface area (Å²) in [6.45, 7) is 4.49. The molecular formula is C29H18FN3. The Hall–Kier alpha value is -4.41. The van der Waals surface area contributed by atoms with Crippen molar-refractivity contribution in [2.45, 2.75) is 19.3 Å². The van der Waals surface area contributed by atoms with Crippen molar-refractivity contribution < 1.29 is 4.39 Å². The van der Waals surface area contributed by atoms with E-state index in [1.807, 2.05) is 41.0 Å². The molecule has 0 N–H and O–H groups in total. The molecule has 1 heterocycles. The van der Waals surface area contributed by atoms with Crippen LogP contribution in [0.1, 0.15) is 36.1 Å². The highest BCUT2D eigenvalue weighted by Crippen LogP contribution is 2.51. The third kappa shape index (κ3) is 2.41. The summed E-state index contributed by atoms with van der Waals surface area (Å²) in [5, 5.41) is 21.1. The number of benzene rings is 4. The lowest BCUT2D eigenvalue weighted by Crippen LogP contribution is -2.14. The molecule has 4 heteroatoms. The zero-order valence-electron chi connectivity index (χ0n) is 18.1. The van der Waals surface area contributed by atoms with Gasteiger partial charge in [-0.05, 0) is 52.6 Å². The summed E-state index contributed by atoms with van der Waals surface area (Å²) < 4.78 is 16.9. The molecule has 33 heavy (non-hydrogen) atoms. The van der Waals surface area contributed by atoms with E-state index in [-0.39, 0.29) is 16.5 Å². The highest BCUT2D eigenvalue weighted by atomic mass is 19.1. The Morgan fingerprint density at radius 1 is 0.758 bits per heavy atom. The zero-order chi connectivity index (χ0) is 22.9. The molecule has 0 aliphatic heterocycles. The molecule has 0 bridgehead atoms. The Morgan fingerprint density at radius 2 is 1.52 bits per heavy atom. The van der Waals surface area contributed by atoms with Gasteiger partial charge < -0.3 is 4.57 Å².